The number of halogens is 4. The number of pyridine rings is 1. The van der Waals surface area contributed by atoms with Crippen molar-refractivity contribution in [1.29, 1.82) is 0 Å². The Balaban J connectivity index is 3.31. The number of carbonyl (C=O) groups is 1. The molecule has 0 spiro atoms. The van der Waals surface area contributed by atoms with E-state index in [1.165, 1.54) is 0 Å². The highest BCUT2D eigenvalue weighted by Gasteiger charge is 2.24. The predicted octanol–water partition coefficient (Wildman–Crippen LogP) is 3.59. The largest absolute Gasteiger partial charge is 0.462 e. The van der Waals surface area contributed by atoms with Gasteiger partial charge in [-0.15, -0.1) is 11.6 Å². The summed E-state index contributed by atoms with van der Waals surface area (Å²) >= 11 is 11.2. The molecule has 7 heteroatoms. The molecule has 0 atom stereocenters. The lowest BCUT2D eigenvalue weighted by atomic mass is 10.1. The summed E-state index contributed by atoms with van der Waals surface area (Å²) in [4.78, 5) is 15.2. The normalized spacial score (nSPS) is 10.7. The summed E-state index contributed by atoms with van der Waals surface area (Å²) in [7, 11) is 0. The third-order valence-corrected chi connectivity index (χ3v) is 2.46. The quantitative estimate of drug-likeness (QED) is 0.482. The summed E-state index contributed by atoms with van der Waals surface area (Å²) < 4.78 is 30.2. The number of rotatable bonds is 4. The number of carbonyl (C=O) groups excluding carboxylic acids is 1. The van der Waals surface area contributed by atoms with Gasteiger partial charge in [-0.2, -0.15) is 0 Å². The molecule has 3 nitrogen and oxygen atoms in total. The molecule has 1 aromatic rings. The molecule has 17 heavy (non-hydrogen) atoms. The van der Waals surface area contributed by atoms with Crippen LogP contribution in [0.1, 0.15) is 35.0 Å². The number of alkyl halides is 3. The Morgan fingerprint density at radius 2 is 2.24 bits per heavy atom. The van der Waals surface area contributed by atoms with Crippen molar-refractivity contribution in [2.45, 2.75) is 19.2 Å². The number of hydrogen-bond acceptors (Lipinski definition) is 3. The van der Waals surface area contributed by atoms with Crippen molar-refractivity contribution < 1.29 is 18.3 Å². The van der Waals surface area contributed by atoms with E-state index in [-0.39, 0.29) is 23.3 Å². The van der Waals surface area contributed by atoms with E-state index in [0.29, 0.717) is 0 Å². The van der Waals surface area contributed by atoms with Crippen LogP contribution in [-0.4, -0.2) is 17.6 Å². The van der Waals surface area contributed by atoms with Gasteiger partial charge in [0.2, 0.25) is 0 Å². The second-order valence-corrected chi connectivity index (χ2v) is 3.65. The maximum absolute atomic E-state index is 12.8. The minimum absolute atomic E-state index is 0.0646. The van der Waals surface area contributed by atoms with Crippen LogP contribution in [0.25, 0.3) is 0 Å². The highest BCUT2D eigenvalue weighted by molar-refractivity contribution is 6.32. The maximum atomic E-state index is 12.8. The van der Waals surface area contributed by atoms with Gasteiger partial charge in [0.05, 0.1) is 18.2 Å². The third kappa shape index (κ3) is 3.26. The highest BCUT2D eigenvalue weighted by Crippen LogP contribution is 2.29. The standard InChI is InChI=1S/C10H9Cl2F2NO2/c1-2-17-10(16)7-6(9(13)14)3-5(4-11)15-8(7)12/h3,9H,2,4H2,1H3. The predicted molar refractivity (Wildman–Crippen MR) is 59.7 cm³/mol. The second kappa shape index (κ2) is 6.12. The smallest absolute Gasteiger partial charge is 0.341 e. The van der Waals surface area contributed by atoms with Crippen molar-refractivity contribution in [2.24, 2.45) is 0 Å². The first-order chi connectivity index (χ1) is 8.01. The van der Waals surface area contributed by atoms with Gasteiger partial charge in [0.25, 0.3) is 6.43 Å². The van der Waals surface area contributed by atoms with Gasteiger partial charge >= 0.3 is 5.97 Å². The van der Waals surface area contributed by atoms with Gasteiger partial charge < -0.3 is 4.74 Å². The van der Waals surface area contributed by atoms with Crippen molar-refractivity contribution in [3.05, 3.63) is 28.0 Å². The Kier molecular flexibility index (Phi) is 5.08. The average molecular weight is 284 g/mol. The van der Waals surface area contributed by atoms with Crippen LogP contribution in [0.5, 0.6) is 0 Å². The van der Waals surface area contributed by atoms with Gasteiger partial charge in [0.1, 0.15) is 10.7 Å². The van der Waals surface area contributed by atoms with Gasteiger partial charge in [-0.3, -0.25) is 0 Å². The number of aromatic nitrogens is 1. The fraction of sp³-hybridized carbons (Fsp3) is 0.400. The second-order valence-electron chi connectivity index (χ2n) is 3.02. The zero-order chi connectivity index (χ0) is 13.0. The molecule has 0 amide bonds. The fourth-order valence-corrected chi connectivity index (χ4v) is 1.66. The summed E-state index contributed by atoms with van der Waals surface area (Å²) in [6.07, 6.45) is -2.85. The highest BCUT2D eigenvalue weighted by atomic mass is 35.5. The summed E-state index contributed by atoms with van der Waals surface area (Å²) in [5, 5.41) is -0.322. The van der Waals surface area contributed by atoms with Crippen LogP contribution in [-0.2, 0) is 10.6 Å². The number of nitrogens with zero attached hydrogens (tertiary/aromatic N) is 1. The molecule has 1 rings (SSSR count). The third-order valence-electron chi connectivity index (χ3n) is 1.91. The number of hydrogen-bond donors (Lipinski definition) is 0. The van der Waals surface area contributed by atoms with E-state index in [4.69, 9.17) is 23.2 Å². The molecule has 1 heterocycles. The van der Waals surface area contributed by atoms with Crippen LogP contribution < -0.4 is 0 Å². The van der Waals surface area contributed by atoms with Crippen LogP contribution >= 0.6 is 23.2 Å². The Morgan fingerprint density at radius 3 is 2.71 bits per heavy atom. The van der Waals surface area contributed by atoms with Gasteiger partial charge in [-0.1, -0.05) is 11.6 Å². The van der Waals surface area contributed by atoms with Crippen LogP contribution in [0.3, 0.4) is 0 Å². The molecule has 0 saturated carbocycles. The molecule has 1 aromatic heterocycles. The van der Waals surface area contributed by atoms with E-state index in [0.717, 1.165) is 6.07 Å². The SMILES string of the molecule is CCOC(=O)c1c(C(F)F)cc(CCl)nc1Cl. The van der Waals surface area contributed by atoms with Gasteiger partial charge in [-0.05, 0) is 13.0 Å². The van der Waals surface area contributed by atoms with E-state index in [1.807, 2.05) is 0 Å². The minimum Gasteiger partial charge on any atom is -0.462 e. The molecular formula is C10H9Cl2F2NO2. The van der Waals surface area contributed by atoms with Gasteiger partial charge in [0.15, 0.2) is 0 Å². The molecule has 0 aliphatic rings. The van der Waals surface area contributed by atoms with Crippen LogP contribution in [0.4, 0.5) is 8.78 Å². The lowest BCUT2D eigenvalue weighted by Crippen LogP contribution is -2.11. The van der Waals surface area contributed by atoms with Crippen molar-refractivity contribution in [1.82, 2.24) is 4.98 Å². The topological polar surface area (TPSA) is 39.2 Å². The van der Waals surface area contributed by atoms with Crippen molar-refractivity contribution in [3.63, 3.8) is 0 Å². The Bertz CT molecular complexity index is 427. The Labute approximate surface area is 107 Å². The van der Waals surface area contributed by atoms with Crippen LogP contribution in [0.15, 0.2) is 6.07 Å². The van der Waals surface area contributed by atoms with Crippen molar-refractivity contribution in [2.75, 3.05) is 6.61 Å². The zero-order valence-corrected chi connectivity index (χ0v) is 10.4. The lowest BCUT2D eigenvalue weighted by molar-refractivity contribution is 0.0515. The molecule has 0 radical (unpaired) electrons. The molecule has 0 unspecified atom stereocenters. The average Bonchev–Trinajstić information content (AvgIpc) is 2.27. The number of ether oxygens (including phenoxy) is 1. The maximum Gasteiger partial charge on any atom is 0.341 e. The van der Waals surface area contributed by atoms with Gasteiger partial charge in [0, 0.05) is 5.56 Å². The Hall–Kier alpha value is -0.940. The number of esters is 1. The van der Waals surface area contributed by atoms with E-state index in [9.17, 15) is 13.6 Å². The molecule has 0 N–H and O–H groups in total. The monoisotopic (exact) mass is 283 g/mol. The van der Waals surface area contributed by atoms with E-state index < -0.39 is 23.5 Å². The lowest BCUT2D eigenvalue weighted by Gasteiger charge is -2.10. The summed E-state index contributed by atoms with van der Waals surface area (Å²) in [6.45, 7) is 1.63. The van der Waals surface area contributed by atoms with Crippen molar-refractivity contribution >= 4 is 29.2 Å². The minimum atomic E-state index is -2.85. The molecule has 0 fully saturated rings. The fourth-order valence-electron chi connectivity index (χ4n) is 1.23. The van der Waals surface area contributed by atoms with Gasteiger partial charge in [-0.25, -0.2) is 18.6 Å². The zero-order valence-electron chi connectivity index (χ0n) is 8.84. The molecule has 0 aliphatic carbocycles. The molecule has 0 aromatic carbocycles. The molecule has 0 aliphatic heterocycles. The van der Waals surface area contributed by atoms with E-state index in [2.05, 4.69) is 9.72 Å². The summed E-state index contributed by atoms with van der Waals surface area (Å²) in [5.41, 5.74) is -0.739. The van der Waals surface area contributed by atoms with Crippen LogP contribution in [0, 0.1) is 0 Å². The van der Waals surface area contributed by atoms with Crippen molar-refractivity contribution in [3.8, 4) is 0 Å². The molecular weight excluding hydrogens is 275 g/mol. The first-order valence-corrected chi connectivity index (χ1v) is 5.63. The first kappa shape index (κ1) is 14.1. The molecule has 0 saturated heterocycles. The Morgan fingerprint density at radius 1 is 1.59 bits per heavy atom. The van der Waals surface area contributed by atoms with E-state index in [1.54, 1.807) is 6.92 Å². The first-order valence-electron chi connectivity index (χ1n) is 4.71. The van der Waals surface area contributed by atoms with E-state index >= 15 is 0 Å². The summed E-state index contributed by atoms with van der Waals surface area (Å²) in [6, 6.07) is 1.05. The molecule has 94 valence electrons. The van der Waals surface area contributed by atoms with Crippen LogP contribution in [0.2, 0.25) is 5.15 Å². The summed E-state index contributed by atoms with van der Waals surface area (Å²) in [5.74, 6) is -0.982. The molecule has 0 bridgehead atoms.